The van der Waals surface area contributed by atoms with E-state index in [1.165, 1.54) is 11.1 Å². The number of carbonyl (C=O) groups is 1. The summed E-state index contributed by atoms with van der Waals surface area (Å²) in [6, 6.07) is 8.33. The molecule has 0 atom stereocenters. The molecule has 0 spiro atoms. The summed E-state index contributed by atoms with van der Waals surface area (Å²) in [6.07, 6.45) is 3.14. The first kappa shape index (κ1) is 11.8. The zero-order chi connectivity index (χ0) is 11.1. The van der Waals surface area contributed by atoms with Crippen LogP contribution in [-0.2, 0) is 11.3 Å². The van der Waals surface area contributed by atoms with E-state index in [1.54, 1.807) is 0 Å². The van der Waals surface area contributed by atoms with Crippen LogP contribution in [0.25, 0.3) is 0 Å². The van der Waals surface area contributed by atoms with Crippen molar-refractivity contribution < 1.29 is 4.79 Å². The molecule has 2 heteroatoms. The molecule has 0 N–H and O–H groups in total. The van der Waals surface area contributed by atoms with Gasteiger partial charge in [0, 0.05) is 13.1 Å². The molecule has 1 aromatic rings. The highest BCUT2D eigenvalue weighted by atomic mass is 16.1. The summed E-state index contributed by atoms with van der Waals surface area (Å²) in [5.41, 5.74) is 2.45. The first-order chi connectivity index (χ1) is 7.26. The fraction of sp³-hybridized carbons (Fsp3) is 0.462. The Labute approximate surface area is 91.9 Å². The van der Waals surface area contributed by atoms with Gasteiger partial charge in [-0.15, -0.1) is 0 Å². The van der Waals surface area contributed by atoms with Gasteiger partial charge in [0.25, 0.3) is 0 Å². The van der Waals surface area contributed by atoms with E-state index in [1.807, 2.05) is 4.90 Å². The van der Waals surface area contributed by atoms with Crippen LogP contribution in [0.5, 0.6) is 0 Å². The van der Waals surface area contributed by atoms with Crippen LogP contribution < -0.4 is 0 Å². The van der Waals surface area contributed by atoms with Gasteiger partial charge in [-0.05, 0) is 18.9 Å². The highest BCUT2D eigenvalue weighted by Crippen LogP contribution is 2.06. The van der Waals surface area contributed by atoms with Crippen molar-refractivity contribution in [3.05, 3.63) is 35.4 Å². The van der Waals surface area contributed by atoms with Crippen molar-refractivity contribution in [2.45, 2.75) is 33.2 Å². The lowest BCUT2D eigenvalue weighted by atomic mass is 10.1. The number of unbranched alkanes of at least 4 members (excludes halogenated alkanes) is 1. The molecular formula is C13H19NO. The average Bonchev–Trinajstić information content (AvgIpc) is 2.27. The molecule has 0 aromatic heterocycles. The maximum absolute atomic E-state index is 10.8. The third-order valence-corrected chi connectivity index (χ3v) is 2.45. The van der Waals surface area contributed by atoms with Crippen molar-refractivity contribution in [1.82, 2.24) is 4.90 Å². The molecule has 0 aliphatic carbocycles. The molecule has 0 unspecified atom stereocenters. The van der Waals surface area contributed by atoms with E-state index in [4.69, 9.17) is 0 Å². The lowest BCUT2D eigenvalue weighted by Gasteiger charge is -2.16. The van der Waals surface area contributed by atoms with Gasteiger partial charge in [-0.2, -0.15) is 0 Å². The predicted molar refractivity (Wildman–Crippen MR) is 62.6 cm³/mol. The van der Waals surface area contributed by atoms with Crippen molar-refractivity contribution >= 4 is 6.41 Å². The van der Waals surface area contributed by atoms with Crippen molar-refractivity contribution in [2.75, 3.05) is 6.54 Å². The third-order valence-electron chi connectivity index (χ3n) is 2.45. The molecule has 0 heterocycles. The topological polar surface area (TPSA) is 20.3 Å². The van der Waals surface area contributed by atoms with Crippen molar-refractivity contribution in [3.8, 4) is 0 Å². The number of benzene rings is 1. The van der Waals surface area contributed by atoms with Gasteiger partial charge < -0.3 is 4.90 Å². The van der Waals surface area contributed by atoms with Crippen LogP contribution in [0, 0.1) is 6.92 Å². The first-order valence-corrected chi connectivity index (χ1v) is 5.51. The van der Waals surface area contributed by atoms with Gasteiger partial charge in [-0.1, -0.05) is 43.2 Å². The van der Waals surface area contributed by atoms with Crippen LogP contribution in [0.2, 0.25) is 0 Å². The molecule has 1 aromatic carbocycles. The van der Waals surface area contributed by atoms with Crippen LogP contribution in [-0.4, -0.2) is 17.9 Å². The number of amides is 1. The van der Waals surface area contributed by atoms with E-state index in [2.05, 4.69) is 38.1 Å². The summed E-state index contributed by atoms with van der Waals surface area (Å²) in [5.74, 6) is 0. The minimum absolute atomic E-state index is 0.726. The molecule has 1 rings (SSSR count). The third kappa shape index (κ3) is 4.15. The van der Waals surface area contributed by atoms with Crippen molar-refractivity contribution in [3.63, 3.8) is 0 Å². The molecule has 2 nitrogen and oxygen atoms in total. The van der Waals surface area contributed by atoms with E-state index < -0.39 is 0 Å². The summed E-state index contributed by atoms with van der Waals surface area (Å²) in [5, 5.41) is 0. The quantitative estimate of drug-likeness (QED) is 0.654. The Bertz CT molecular complexity index is 292. The second kappa shape index (κ2) is 6.23. The summed E-state index contributed by atoms with van der Waals surface area (Å²) in [6.45, 7) is 5.78. The average molecular weight is 205 g/mol. The summed E-state index contributed by atoms with van der Waals surface area (Å²) < 4.78 is 0. The van der Waals surface area contributed by atoms with Crippen LogP contribution >= 0.6 is 0 Å². The fourth-order valence-electron chi connectivity index (χ4n) is 1.46. The molecule has 0 aliphatic heterocycles. The Morgan fingerprint density at radius 2 is 1.93 bits per heavy atom. The summed E-state index contributed by atoms with van der Waals surface area (Å²) >= 11 is 0. The minimum atomic E-state index is 0.726. The Kier molecular flexibility index (Phi) is 4.88. The van der Waals surface area contributed by atoms with E-state index in [-0.39, 0.29) is 0 Å². The maximum atomic E-state index is 10.8. The molecule has 0 fully saturated rings. The van der Waals surface area contributed by atoms with Gasteiger partial charge in [0.15, 0.2) is 0 Å². The largest absolute Gasteiger partial charge is 0.341 e. The number of nitrogens with zero attached hydrogens (tertiary/aromatic N) is 1. The SMILES string of the molecule is CCCCN(C=O)Cc1ccc(C)cc1. The fourth-order valence-corrected chi connectivity index (χ4v) is 1.46. The molecule has 0 saturated heterocycles. The number of carbonyl (C=O) groups excluding carboxylic acids is 1. The van der Waals surface area contributed by atoms with E-state index >= 15 is 0 Å². The minimum Gasteiger partial charge on any atom is -0.341 e. The van der Waals surface area contributed by atoms with Crippen LogP contribution in [0.15, 0.2) is 24.3 Å². The molecule has 0 bridgehead atoms. The normalized spacial score (nSPS) is 10.0. The second-order valence-corrected chi connectivity index (χ2v) is 3.92. The van der Waals surface area contributed by atoms with Crippen molar-refractivity contribution in [1.29, 1.82) is 0 Å². The highest BCUT2D eigenvalue weighted by molar-refractivity contribution is 5.47. The standard InChI is InChI=1S/C13H19NO/c1-3-4-9-14(11-15)10-13-7-5-12(2)6-8-13/h5-8,11H,3-4,9-10H2,1-2H3. The summed E-state index contributed by atoms with van der Waals surface area (Å²) in [4.78, 5) is 12.6. The Morgan fingerprint density at radius 3 is 2.47 bits per heavy atom. The van der Waals surface area contributed by atoms with Gasteiger partial charge in [0.2, 0.25) is 6.41 Å². The maximum Gasteiger partial charge on any atom is 0.210 e. The van der Waals surface area contributed by atoms with E-state index in [9.17, 15) is 4.79 Å². The van der Waals surface area contributed by atoms with E-state index in [0.717, 1.165) is 32.3 Å². The second-order valence-electron chi connectivity index (χ2n) is 3.92. The van der Waals surface area contributed by atoms with Crippen molar-refractivity contribution in [2.24, 2.45) is 0 Å². The number of rotatable bonds is 6. The Balaban J connectivity index is 2.50. The van der Waals surface area contributed by atoms with Gasteiger partial charge in [-0.3, -0.25) is 4.79 Å². The predicted octanol–water partition coefficient (Wildman–Crippen LogP) is 2.75. The molecule has 0 saturated carbocycles. The monoisotopic (exact) mass is 205 g/mol. The van der Waals surface area contributed by atoms with Crippen LogP contribution in [0.1, 0.15) is 30.9 Å². The number of hydrogen-bond donors (Lipinski definition) is 0. The number of aryl methyl sites for hydroxylation is 1. The lowest BCUT2D eigenvalue weighted by Crippen LogP contribution is -2.22. The lowest BCUT2D eigenvalue weighted by molar-refractivity contribution is -0.118. The zero-order valence-electron chi connectivity index (χ0n) is 9.57. The van der Waals surface area contributed by atoms with Gasteiger partial charge >= 0.3 is 0 Å². The first-order valence-electron chi connectivity index (χ1n) is 5.51. The van der Waals surface area contributed by atoms with Gasteiger partial charge in [0.1, 0.15) is 0 Å². The van der Waals surface area contributed by atoms with Crippen LogP contribution in [0.4, 0.5) is 0 Å². The highest BCUT2D eigenvalue weighted by Gasteiger charge is 2.01. The molecule has 0 radical (unpaired) electrons. The summed E-state index contributed by atoms with van der Waals surface area (Å²) in [7, 11) is 0. The molecule has 1 amide bonds. The Morgan fingerprint density at radius 1 is 1.27 bits per heavy atom. The smallest absolute Gasteiger partial charge is 0.210 e. The van der Waals surface area contributed by atoms with E-state index in [0.29, 0.717) is 0 Å². The van der Waals surface area contributed by atoms with Gasteiger partial charge in [0.05, 0.1) is 0 Å². The van der Waals surface area contributed by atoms with Gasteiger partial charge in [-0.25, -0.2) is 0 Å². The van der Waals surface area contributed by atoms with Crippen LogP contribution in [0.3, 0.4) is 0 Å². The molecule has 82 valence electrons. The molecular weight excluding hydrogens is 186 g/mol. The molecule has 15 heavy (non-hydrogen) atoms. The Hall–Kier alpha value is -1.31. The zero-order valence-corrected chi connectivity index (χ0v) is 9.57. The molecule has 0 aliphatic rings. The number of hydrogen-bond acceptors (Lipinski definition) is 1.